The Morgan fingerprint density at radius 1 is 1.23 bits per heavy atom. The number of pyridine rings is 1. The van der Waals surface area contributed by atoms with Crippen LogP contribution >= 0.6 is 22.7 Å². The summed E-state index contributed by atoms with van der Waals surface area (Å²) in [6.07, 6.45) is 1.76. The molecule has 7 nitrogen and oxygen atoms in total. The molecule has 0 bridgehead atoms. The zero-order valence-corrected chi connectivity index (χ0v) is 18.1. The third-order valence-electron chi connectivity index (χ3n) is 5.32. The number of ether oxygens (including phenoxy) is 1. The second-order valence-corrected chi connectivity index (χ2v) is 9.73. The number of rotatable bonds is 4. The Labute approximate surface area is 185 Å². The number of aliphatic hydroxyl groups excluding tert-OH is 1. The van der Waals surface area contributed by atoms with Crippen LogP contribution < -0.4 is 4.74 Å². The van der Waals surface area contributed by atoms with Gasteiger partial charge in [-0.3, -0.25) is 9.78 Å². The lowest BCUT2D eigenvalue weighted by Gasteiger charge is -2.13. The molecular weight excluding hydrogens is 436 g/mol. The molecule has 4 aromatic rings. The van der Waals surface area contributed by atoms with Crippen LogP contribution in [0.1, 0.15) is 31.3 Å². The van der Waals surface area contributed by atoms with Crippen molar-refractivity contribution in [2.45, 2.75) is 19.4 Å². The molecule has 0 unspecified atom stereocenters. The van der Waals surface area contributed by atoms with Crippen molar-refractivity contribution in [3.63, 3.8) is 0 Å². The fourth-order valence-electron chi connectivity index (χ4n) is 3.84. The first-order valence-corrected chi connectivity index (χ1v) is 11.3. The molecule has 0 spiro atoms. The molecule has 1 fully saturated rings. The summed E-state index contributed by atoms with van der Waals surface area (Å²) < 4.78 is 7.71. The van der Waals surface area contributed by atoms with Crippen LogP contribution in [0.3, 0.4) is 0 Å². The Morgan fingerprint density at radius 2 is 2.06 bits per heavy atom. The van der Waals surface area contributed by atoms with Gasteiger partial charge in [0.15, 0.2) is 0 Å². The van der Waals surface area contributed by atoms with Crippen LogP contribution in [-0.4, -0.2) is 51.2 Å². The Kier molecular flexibility index (Phi) is 4.88. The molecule has 5 rings (SSSR count). The van der Waals surface area contributed by atoms with Gasteiger partial charge in [0.1, 0.15) is 11.5 Å². The number of benzene rings is 1. The maximum absolute atomic E-state index is 12.8. The van der Waals surface area contributed by atoms with Gasteiger partial charge in [-0.15, -0.1) is 22.7 Å². The van der Waals surface area contributed by atoms with Gasteiger partial charge in [-0.2, -0.15) is 0 Å². The standard InChI is InChI=1S/C22H18N2O5S2/c1-11-19(22(27)28)14-3-2-13(8-17(14)30-11)29-16-4-6-23-15-9-18(31-20(15)16)21(26)24-7-5-12(25)10-24/h2-4,6,8-9,12,25H,5,7,10H2,1H3,(H,27,28)/t12-/m1/s1. The fourth-order valence-corrected chi connectivity index (χ4v) is 5.96. The minimum Gasteiger partial charge on any atom is -0.478 e. The number of aliphatic hydroxyl groups is 1. The number of carbonyl (C=O) groups is 2. The average molecular weight is 455 g/mol. The number of likely N-dealkylation sites (tertiary alicyclic amines) is 1. The second kappa shape index (κ2) is 7.60. The zero-order chi connectivity index (χ0) is 21.7. The third-order valence-corrected chi connectivity index (χ3v) is 7.51. The molecule has 1 saturated heterocycles. The number of carboxylic acids is 1. The van der Waals surface area contributed by atoms with E-state index >= 15 is 0 Å². The monoisotopic (exact) mass is 454 g/mol. The Balaban J connectivity index is 1.47. The van der Waals surface area contributed by atoms with Gasteiger partial charge >= 0.3 is 5.97 Å². The van der Waals surface area contributed by atoms with Crippen LogP contribution in [0.25, 0.3) is 20.3 Å². The lowest BCUT2D eigenvalue weighted by Crippen LogP contribution is -2.28. The zero-order valence-electron chi connectivity index (χ0n) is 16.5. The molecule has 9 heteroatoms. The van der Waals surface area contributed by atoms with E-state index in [1.165, 1.54) is 22.7 Å². The number of carboxylic acid groups (broad SMARTS) is 1. The van der Waals surface area contributed by atoms with Crippen molar-refractivity contribution in [1.29, 1.82) is 0 Å². The van der Waals surface area contributed by atoms with Gasteiger partial charge in [-0.1, -0.05) is 0 Å². The second-order valence-electron chi connectivity index (χ2n) is 7.43. The lowest BCUT2D eigenvalue weighted by atomic mass is 10.1. The van der Waals surface area contributed by atoms with Crippen molar-refractivity contribution in [1.82, 2.24) is 9.88 Å². The van der Waals surface area contributed by atoms with E-state index in [0.29, 0.717) is 52.4 Å². The van der Waals surface area contributed by atoms with E-state index in [-0.39, 0.29) is 5.91 Å². The Hall–Kier alpha value is -3.01. The Morgan fingerprint density at radius 3 is 2.81 bits per heavy atom. The van der Waals surface area contributed by atoms with Gasteiger partial charge < -0.3 is 19.8 Å². The summed E-state index contributed by atoms with van der Waals surface area (Å²) in [6.45, 7) is 2.69. The van der Waals surface area contributed by atoms with Crippen LogP contribution in [-0.2, 0) is 0 Å². The van der Waals surface area contributed by atoms with Gasteiger partial charge in [0.2, 0.25) is 0 Å². The van der Waals surface area contributed by atoms with Gasteiger partial charge in [0, 0.05) is 40.3 Å². The number of nitrogens with zero attached hydrogens (tertiary/aromatic N) is 2. The molecule has 31 heavy (non-hydrogen) atoms. The SMILES string of the molecule is Cc1sc2cc(Oc3ccnc4cc(C(=O)N5CC[C@@H](O)C5)sc34)ccc2c1C(=O)O. The first kappa shape index (κ1) is 19.9. The highest BCUT2D eigenvalue weighted by atomic mass is 32.1. The highest BCUT2D eigenvalue weighted by Crippen LogP contribution is 2.38. The van der Waals surface area contributed by atoms with E-state index in [4.69, 9.17) is 4.74 Å². The molecule has 0 saturated carbocycles. The highest BCUT2D eigenvalue weighted by Gasteiger charge is 2.27. The number of fused-ring (bicyclic) bond motifs is 2. The fraction of sp³-hybridized carbons (Fsp3) is 0.227. The van der Waals surface area contributed by atoms with Crippen molar-refractivity contribution in [3.8, 4) is 11.5 Å². The van der Waals surface area contributed by atoms with Crippen LogP contribution in [0.5, 0.6) is 11.5 Å². The summed E-state index contributed by atoms with van der Waals surface area (Å²) >= 11 is 2.73. The maximum Gasteiger partial charge on any atom is 0.337 e. The third kappa shape index (κ3) is 3.54. The van der Waals surface area contributed by atoms with E-state index in [1.807, 2.05) is 6.07 Å². The summed E-state index contributed by atoms with van der Waals surface area (Å²) in [4.78, 5) is 31.6. The summed E-state index contributed by atoms with van der Waals surface area (Å²) in [6, 6.07) is 8.84. The van der Waals surface area contributed by atoms with E-state index in [0.717, 1.165) is 14.3 Å². The first-order chi connectivity index (χ1) is 14.9. The molecule has 1 aliphatic rings. The average Bonchev–Trinajstić information content (AvgIpc) is 3.43. The molecule has 158 valence electrons. The number of thiophene rings is 2. The van der Waals surface area contributed by atoms with Crippen LogP contribution in [0.4, 0.5) is 0 Å². The molecule has 0 radical (unpaired) electrons. The van der Waals surface area contributed by atoms with Gasteiger partial charge in [0.05, 0.1) is 26.8 Å². The number of aromatic nitrogens is 1. The molecule has 4 heterocycles. The van der Waals surface area contributed by atoms with Crippen molar-refractivity contribution >= 4 is 54.9 Å². The molecule has 2 N–H and O–H groups in total. The number of amides is 1. The predicted molar refractivity (Wildman–Crippen MR) is 120 cm³/mol. The van der Waals surface area contributed by atoms with Crippen LogP contribution in [0, 0.1) is 6.92 Å². The largest absolute Gasteiger partial charge is 0.478 e. The van der Waals surface area contributed by atoms with Gasteiger partial charge in [-0.25, -0.2) is 4.79 Å². The van der Waals surface area contributed by atoms with E-state index < -0.39 is 12.1 Å². The highest BCUT2D eigenvalue weighted by molar-refractivity contribution is 7.21. The minimum atomic E-state index is -0.936. The number of carbonyl (C=O) groups excluding carboxylic acids is 1. The number of hydrogen-bond donors (Lipinski definition) is 2. The van der Waals surface area contributed by atoms with Crippen molar-refractivity contribution in [3.05, 3.63) is 51.8 Å². The molecule has 1 amide bonds. The first-order valence-electron chi connectivity index (χ1n) is 9.71. The predicted octanol–water partition coefficient (Wildman–Crippen LogP) is 4.52. The number of hydrogen-bond acceptors (Lipinski definition) is 7. The van der Waals surface area contributed by atoms with Gasteiger partial charge in [0.25, 0.3) is 5.91 Å². The molecule has 3 aromatic heterocycles. The van der Waals surface area contributed by atoms with Crippen molar-refractivity contribution in [2.24, 2.45) is 0 Å². The summed E-state index contributed by atoms with van der Waals surface area (Å²) in [5, 5.41) is 19.8. The normalized spacial score (nSPS) is 16.3. The van der Waals surface area contributed by atoms with Crippen LogP contribution in [0.2, 0.25) is 0 Å². The maximum atomic E-state index is 12.8. The van der Waals surface area contributed by atoms with E-state index in [1.54, 1.807) is 42.3 Å². The number of aromatic carboxylic acids is 1. The minimum absolute atomic E-state index is 0.109. The summed E-state index contributed by atoms with van der Waals surface area (Å²) in [5.41, 5.74) is 0.998. The van der Waals surface area contributed by atoms with E-state index in [2.05, 4.69) is 4.98 Å². The molecule has 1 aromatic carbocycles. The van der Waals surface area contributed by atoms with Crippen molar-refractivity contribution in [2.75, 3.05) is 13.1 Å². The molecule has 1 aliphatic heterocycles. The summed E-state index contributed by atoms with van der Waals surface area (Å²) in [5.74, 6) is 0.125. The topological polar surface area (TPSA) is 100.0 Å². The molecule has 1 atom stereocenters. The smallest absolute Gasteiger partial charge is 0.337 e. The number of β-amino-alcohol motifs (C(OH)–C–C–N with tert-alkyl or cyclic N) is 1. The summed E-state index contributed by atoms with van der Waals surface area (Å²) in [7, 11) is 0. The van der Waals surface area contributed by atoms with Crippen molar-refractivity contribution < 1.29 is 24.5 Å². The quantitative estimate of drug-likeness (QED) is 0.470. The molecular formula is C22H18N2O5S2. The lowest BCUT2D eigenvalue weighted by molar-refractivity contribution is 0.0698. The Bertz CT molecular complexity index is 1340. The number of aryl methyl sites for hydroxylation is 1. The van der Waals surface area contributed by atoms with Crippen LogP contribution in [0.15, 0.2) is 36.5 Å². The van der Waals surface area contributed by atoms with Gasteiger partial charge in [-0.05, 0) is 37.6 Å². The van der Waals surface area contributed by atoms with E-state index in [9.17, 15) is 19.8 Å². The molecule has 0 aliphatic carbocycles.